The van der Waals surface area contributed by atoms with E-state index in [2.05, 4.69) is 16.0 Å². The summed E-state index contributed by atoms with van der Waals surface area (Å²) in [5.41, 5.74) is 0.927. The fourth-order valence-corrected chi connectivity index (χ4v) is 2.35. The molecule has 0 aliphatic heterocycles. The second kappa shape index (κ2) is 10.3. The SMILES string of the molecule is CCC[C@H](NC(=O)O)C(O)C(=O)NCC(=O)N[C@H](C)c1ccccc1. The summed E-state index contributed by atoms with van der Waals surface area (Å²) in [4.78, 5) is 34.6. The van der Waals surface area contributed by atoms with Crippen LogP contribution in [0.2, 0.25) is 0 Å². The lowest BCUT2D eigenvalue weighted by Gasteiger charge is -2.22. The molecule has 0 aliphatic carbocycles. The zero-order valence-corrected chi connectivity index (χ0v) is 14.4. The Morgan fingerprint density at radius 2 is 1.76 bits per heavy atom. The van der Waals surface area contributed by atoms with Crippen LogP contribution in [0.25, 0.3) is 0 Å². The van der Waals surface area contributed by atoms with E-state index in [-0.39, 0.29) is 12.6 Å². The smallest absolute Gasteiger partial charge is 0.404 e. The summed E-state index contributed by atoms with van der Waals surface area (Å²) in [6, 6.07) is 8.20. The first-order chi connectivity index (χ1) is 11.8. The summed E-state index contributed by atoms with van der Waals surface area (Å²) in [5, 5.41) is 25.9. The highest BCUT2D eigenvalue weighted by Crippen LogP contribution is 2.10. The maximum absolute atomic E-state index is 11.9. The average Bonchev–Trinajstić information content (AvgIpc) is 2.59. The van der Waals surface area contributed by atoms with E-state index in [1.807, 2.05) is 37.3 Å². The van der Waals surface area contributed by atoms with Gasteiger partial charge >= 0.3 is 6.09 Å². The van der Waals surface area contributed by atoms with Crippen LogP contribution < -0.4 is 16.0 Å². The van der Waals surface area contributed by atoms with Gasteiger partial charge in [0.05, 0.1) is 18.6 Å². The Labute approximate surface area is 146 Å². The van der Waals surface area contributed by atoms with Crippen molar-refractivity contribution in [2.75, 3.05) is 6.54 Å². The fraction of sp³-hybridized carbons (Fsp3) is 0.471. The molecule has 0 saturated heterocycles. The molecule has 0 radical (unpaired) electrons. The maximum atomic E-state index is 11.9. The first-order valence-corrected chi connectivity index (χ1v) is 8.14. The van der Waals surface area contributed by atoms with Gasteiger partial charge in [0.15, 0.2) is 6.10 Å². The van der Waals surface area contributed by atoms with Gasteiger partial charge in [0, 0.05) is 0 Å². The summed E-state index contributed by atoms with van der Waals surface area (Å²) < 4.78 is 0. The van der Waals surface area contributed by atoms with Gasteiger partial charge in [-0.1, -0.05) is 43.7 Å². The molecule has 25 heavy (non-hydrogen) atoms. The molecule has 8 nitrogen and oxygen atoms in total. The second-order valence-electron chi connectivity index (χ2n) is 5.71. The van der Waals surface area contributed by atoms with E-state index in [4.69, 9.17) is 5.11 Å². The van der Waals surface area contributed by atoms with Gasteiger partial charge in [-0.15, -0.1) is 0 Å². The van der Waals surface area contributed by atoms with Gasteiger partial charge in [0.1, 0.15) is 0 Å². The molecule has 0 bridgehead atoms. The van der Waals surface area contributed by atoms with Crippen molar-refractivity contribution in [3.8, 4) is 0 Å². The van der Waals surface area contributed by atoms with Gasteiger partial charge in [-0.2, -0.15) is 0 Å². The van der Waals surface area contributed by atoms with E-state index in [9.17, 15) is 19.5 Å². The Bertz CT molecular complexity index is 579. The van der Waals surface area contributed by atoms with E-state index in [1.54, 1.807) is 6.92 Å². The highest BCUT2D eigenvalue weighted by atomic mass is 16.4. The molecule has 0 saturated carbocycles. The normalized spacial score (nSPS) is 14.0. The largest absolute Gasteiger partial charge is 0.465 e. The van der Waals surface area contributed by atoms with Crippen LogP contribution in [0.3, 0.4) is 0 Å². The van der Waals surface area contributed by atoms with E-state index in [0.29, 0.717) is 12.8 Å². The van der Waals surface area contributed by atoms with Crippen molar-refractivity contribution in [2.45, 2.75) is 44.9 Å². The Morgan fingerprint density at radius 3 is 2.32 bits per heavy atom. The zero-order chi connectivity index (χ0) is 18.8. The summed E-state index contributed by atoms with van der Waals surface area (Å²) in [7, 11) is 0. The third-order valence-corrected chi connectivity index (χ3v) is 3.66. The van der Waals surface area contributed by atoms with Gasteiger partial charge in [-0.3, -0.25) is 9.59 Å². The summed E-state index contributed by atoms with van der Waals surface area (Å²) >= 11 is 0. The first-order valence-electron chi connectivity index (χ1n) is 8.14. The van der Waals surface area contributed by atoms with Gasteiger partial charge in [-0.25, -0.2) is 4.79 Å². The molecule has 3 atom stereocenters. The van der Waals surface area contributed by atoms with Crippen LogP contribution in [0.4, 0.5) is 4.79 Å². The number of hydrogen-bond acceptors (Lipinski definition) is 4. The molecule has 5 N–H and O–H groups in total. The molecule has 3 amide bonds. The van der Waals surface area contributed by atoms with Crippen LogP contribution >= 0.6 is 0 Å². The van der Waals surface area contributed by atoms with E-state index < -0.39 is 30.1 Å². The average molecular weight is 351 g/mol. The van der Waals surface area contributed by atoms with Crippen molar-refractivity contribution in [2.24, 2.45) is 0 Å². The van der Waals surface area contributed by atoms with Crippen LogP contribution in [0.15, 0.2) is 30.3 Å². The minimum absolute atomic E-state index is 0.225. The number of nitrogens with one attached hydrogen (secondary N) is 3. The molecule has 0 aromatic heterocycles. The summed E-state index contributed by atoms with van der Waals surface area (Å²) in [6.45, 7) is 3.32. The van der Waals surface area contributed by atoms with E-state index in [1.165, 1.54) is 0 Å². The van der Waals surface area contributed by atoms with Crippen molar-refractivity contribution in [1.82, 2.24) is 16.0 Å². The van der Waals surface area contributed by atoms with E-state index in [0.717, 1.165) is 5.56 Å². The molecule has 1 unspecified atom stereocenters. The zero-order valence-electron chi connectivity index (χ0n) is 14.4. The molecule has 0 spiro atoms. The number of carbonyl (C=O) groups is 3. The van der Waals surface area contributed by atoms with Crippen molar-refractivity contribution >= 4 is 17.9 Å². The number of hydrogen-bond donors (Lipinski definition) is 5. The lowest BCUT2D eigenvalue weighted by atomic mass is 10.1. The molecule has 1 rings (SSSR count). The Balaban J connectivity index is 2.48. The third kappa shape index (κ3) is 7.21. The molecular weight excluding hydrogens is 326 g/mol. The molecule has 0 fully saturated rings. The number of carboxylic acid groups (broad SMARTS) is 1. The minimum atomic E-state index is -1.56. The Hall–Kier alpha value is -2.61. The standard InChI is InChI=1S/C17H25N3O5/c1-3-7-13(20-17(24)25)15(22)16(23)18-10-14(21)19-11(2)12-8-5-4-6-9-12/h4-6,8-9,11,13,15,20,22H,3,7,10H2,1-2H3,(H,18,23)(H,19,21)(H,24,25)/t11-,13+,15?/m1/s1. The van der Waals surface area contributed by atoms with Gasteiger partial charge in [0.25, 0.3) is 5.91 Å². The van der Waals surface area contributed by atoms with Crippen LogP contribution in [-0.4, -0.2) is 46.8 Å². The fourth-order valence-electron chi connectivity index (χ4n) is 2.35. The topological polar surface area (TPSA) is 128 Å². The second-order valence-corrected chi connectivity index (χ2v) is 5.71. The number of amides is 3. The van der Waals surface area contributed by atoms with Crippen LogP contribution in [0.5, 0.6) is 0 Å². The van der Waals surface area contributed by atoms with Crippen molar-refractivity contribution < 1.29 is 24.6 Å². The van der Waals surface area contributed by atoms with Gasteiger partial charge in [0.2, 0.25) is 5.91 Å². The number of aliphatic hydroxyl groups excluding tert-OH is 1. The molecule has 138 valence electrons. The molecule has 1 aromatic rings. The number of aliphatic hydroxyl groups is 1. The molecule has 0 heterocycles. The monoisotopic (exact) mass is 351 g/mol. The minimum Gasteiger partial charge on any atom is -0.465 e. The molecule has 1 aromatic carbocycles. The summed E-state index contributed by atoms with van der Waals surface area (Å²) in [6.07, 6.45) is -1.99. The summed E-state index contributed by atoms with van der Waals surface area (Å²) in [5.74, 6) is -1.20. The van der Waals surface area contributed by atoms with Gasteiger partial charge < -0.3 is 26.2 Å². The molecular formula is C17H25N3O5. The van der Waals surface area contributed by atoms with Crippen LogP contribution in [0.1, 0.15) is 38.3 Å². The molecule has 0 aliphatic rings. The quantitative estimate of drug-likeness (QED) is 0.449. The predicted octanol–water partition coefficient (Wildman–Crippen LogP) is 0.777. The van der Waals surface area contributed by atoms with Crippen LogP contribution in [-0.2, 0) is 9.59 Å². The first kappa shape index (κ1) is 20.4. The third-order valence-electron chi connectivity index (χ3n) is 3.66. The van der Waals surface area contributed by atoms with E-state index >= 15 is 0 Å². The maximum Gasteiger partial charge on any atom is 0.404 e. The predicted molar refractivity (Wildman–Crippen MR) is 91.9 cm³/mol. The Kier molecular flexibility index (Phi) is 8.42. The van der Waals surface area contributed by atoms with Crippen LogP contribution in [0, 0.1) is 0 Å². The molecule has 8 heteroatoms. The lowest BCUT2D eigenvalue weighted by molar-refractivity contribution is -0.133. The van der Waals surface area contributed by atoms with Gasteiger partial charge in [-0.05, 0) is 18.9 Å². The number of benzene rings is 1. The van der Waals surface area contributed by atoms with Crippen molar-refractivity contribution in [1.29, 1.82) is 0 Å². The number of carbonyl (C=O) groups excluding carboxylic acids is 2. The lowest BCUT2D eigenvalue weighted by Crippen LogP contribution is -2.51. The Morgan fingerprint density at radius 1 is 1.12 bits per heavy atom. The van der Waals surface area contributed by atoms with Crippen molar-refractivity contribution in [3.63, 3.8) is 0 Å². The van der Waals surface area contributed by atoms with Crippen molar-refractivity contribution in [3.05, 3.63) is 35.9 Å². The number of rotatable bonds is 9. The highest BCUT2D eigenvalue weighted by Gasteiger charge is 2.27. The highest BCUT2D eigenvalue weighted by molar-refractivity contribution is 5.87.